The van der Waals surface area contributed by atoms with Crippen LogP contribution in [0.1, 0.15) is 18.1 Å². The number of aliphatic hydroxyl groups is 1. The van der Waals surface area contributed by atoms with Crippen LogP contribution in [0.15, 0.2) is 18.2 Å². The molecule has 1 saturated heterocycles. The van der Waals surface area contributed by atoms with Crippen LogP contribution in [0.3, 0.4) is 0 Å². The molecule has 1 fully saturated rings. The number of halogens is 2. The maximum Gasteiger partial charge on any atom is 0.129 e. The van der Waals surface area contributed by atoms with Crippen molar-refractivity contribution in [2.24, 2.45) is 0 Å². The highest BCUT2D eigenvalue weighted by Gasteiger charge is 2.32. The predicted octanol–water partition coefficient (Wildman–Crippen LogP) is 1.54. The van der Waals surface area contributed by atoms with Crippen LogP contribution >= 0.6 is 9.39 Å². The third kappa shape index (κ3) is 2.80. The van der Waals surface area contributed by atoms with Crippen molar-refractivity contribution in [1.82, 2.24) is 5.09 Å². The lowest BCUT2D eigenvalue weighted by molar-refractivity contribution is -0.0726. The molecule has 0 aliphatic carbocycles. The van der Waals surface area contributed by atoms with Crippen LogP contribution in [0.2, 0.25) is 0 Å². The van der Waals surface area contributed by atoms with Crippen LogP contribution in [0.25, 0.3) is 0 Å². The third-order valence-corrected chi connectivity index (χ3v) is 3.27. The second-order valence-electron chi connectivity index (χ2n) is 4.08. The number of hydrogen-bond acceptors (Lipinski definition) is 3. The lowest BCUT2D eigenvalue weighted by Crippen LogP contribution is -2.41. The zero-order valence-corrected chi connectivity index (χ0v) is 10.2. The van der Waals surface area contributed by atoms with Crippen LogP contribution < -0.4 is 5.09 Å². The van der Waals surface area contributed by atoms with Gasteiger partial charge in [0.25, 0.3) is 0 Å². The molecule has 0 bridgehead atoms. The average molecular weight is 261 g/mol. The van der Waals surface area contributed by atoms with Crippen LogP contribution in [0, 0.1) is 11.6 Å². The Morgan fingerprint density at radius 1 is 1.41 bits per heavy atom. The summed E-state index contributed by atoms with van der Waals surface area (Å²) in [5.41, 5.74) is 0.178. The Morgan fingerprint density at radius 2 is 2.18 bits per heavy atom. The lowest BCUT2D eigenvalue weighted by atomic mass is 9.95. The molecule has 17 heavy (non-hydrogen) atoms. The average Bonchev–Trinajstić information content (AvgIpc) is 2.32. The van der Waals surface area contributed by atoms with Crippen LogP contribution in [-0.2, 0) is 4.74 Å². The molecule has 0 radical (unpaired) electrons. The van der Waals surface area contributed by atoms with Gasteiger partial charge in [-0.3, -0.25) is 5.09 Å². The summed E-state index contributed by atoms with van der Waals surface area (Å²) < 4.78 is 32.1. The quantitative estimate of drug-likeness (QED) is 0.793. The first-order valence-electron chi connectivity index (χ1n) is 5.32. The molecular formula is C11H14F2NO2P. The molecule has 1 aromatic carbocycles. The van der Waals surface area contributed by atoms with Crippen molar-refractivity contribution in [2.75, 3.05) is 6.61 Å². The Hall–Kier alpha value is -0.610. The van der Waals surface area contributed by atoms with Crippen molar-refractivity contribution in [2.45, 2.75) is 24.7 Å². The largest absolute Gasteiger partial charge is 0.391 e. The lowest BCUT2D eigenvalue weighted by Gasteiger charge is -2.34. The van der Waals surface area contributed by atoms with E-state index in [1.54, 1.807) is 0 Å². The van der Waals surface area contributed by atoms with Gasteiger partial charge in [-0.2, -0.15) is 0 Å². The van der Waals surface area contributed by atoms with E-state index in [0.717, 1.165) is 18.2 Å². The van der Waals surface area contributed by atoms with Gasteiger partial charge in [-0.25, -0.2) is 8.78 Å². The van der Waals surface area contributed by atoms with Gasteiger partial charge >= 0.3 is 0 Å². The zero-order valence-electron chi connectivity index (χ0n) is 9.07. The number of ether oxygens (including phenoxy) is 1. The maximum absolute atomic E-state index is 13.6. The van der Waals surface area contributed by atoms with Gasteiger partial charge in [-0.1, -0.05) is 9.39 Å². The van der Waals surface area contributed by atoms with Crippen molar-refractivity contribution in [3.8, 4) is 0 Å². The Morgan fingerprint density at radius 3 is 2.88 bits per heavy atom. The van der Waals surface area contributed by atoms with Crippen molar-refractivity contribution in [3.05, 3.63) is 35.4 Å². The minimum Gasteiger partial charge on any atom is -0.391 e. The Bertz CT molecular complexity index is 405. The van der Waals surface area contributed by atoms with Gasteiger partial charge in [0.05, 0.1) is 12.7 Å². The SMILES string of the molecule is OC1COC(c2cc(F)ccc2F)[C@@H](NP)C1. The number of aliphatic hydroxyl groups excluding tert-OH is 1. The topological polar surface area (TPSA) is 41.5 Å². The van der Waals surface area contributed by atoms with Gasteiger partial charge in [-0.15, -0.1) is 0 Å². The summed E-state index contributed by atoms with van der Waals surface area (Å²) in [6.45, 7) is 0.128. The monoisotopic (exact) mass is 261 g/mol. The summed E-state index contributed by atoms with van der Waals surface area (Å²) >= 11 is 0. The van der Waals surface area contributed by atoms with Crippen molar-refractivity contribution >= 4 is 9.39 Å². The molecule has 1 aromatic rings. The van der Waals surface area contributed by atoms with E-state index in [9.17, 15) is 13.9 Å². The van der Waals surface area contributed by atoms with E-state index in [-0.39, 0.29) is 18.2 Å². The van der Waals surface area contributed by atoms with Crippen molar-refractivity contribution in [3.63, 3.8) is 0 Å². The standard InChI is InChI=1S/C11H14F2NO2P/c12-6-1-2-9(13)8(3-6)11-10(14-17)4-7(15)5-16-11/h1-3,7,10-11,14-15H,4-5,17H2/t7?,10-,11?/m0/s1. The summed E-state index contributed by atoms with van der Waals surface area (Å²) in [6.07, 6.45) is -0.739. The predicted molar refractivity (Wildman–Crippen MR) is 62.3 cm³/mol. The summed E-state index contributed by atoms with van der Waals surface area (Å²) in [5.74, 6) is -1.00. The van der Waals surface area contributed by atoms with Crippen molar-refractivity contribution in [1.29, 1.82) is 0 Å². The normalized spacial score (nSPS) is 29.3. The molecule has 1 heterocycles. The van der Waals surface area contributed by atoms with Crippen LogP contribution in [-0.4, -0.2) is 23.9 Å². The summed E-state index contributed by atoms with van der Waals surface area (Å²) in [6, 6.07) is 3.02. The van der Waals surface area contributed by atoms with E-state index < -0.39 is 23.8 Å². The van der Waals surface area contributed by atoms with E-state index in [1.165, 1.54) is 0 Å². The van der Waals surface area contributed by atoms with Gasteiger partial charge in [0.15, 0.2) is 0 Å². The fourth-order valence-electron chi connectivity index (χ4n) is 2.01. The van der Waals surface area contributed by atoms with E-state index in [4.69, 9.17) is 4.74 Å². The fourth-order valence-corrected chi connectivity index (χ4v) is 2.32. The number of benzene rings is 1. The molecule has 2 N–H and O–H groups in total. The van der Waals surface area contributed by atoms with Gasteiger partial charge in [0.1, 0.15) is 17.7 Å². The zero-order chi connectivity index (χ0) is 12.4. The fraction of sp³-hybridized carbons (Fsp3) is 0.455. The molecule has 94 valence electrons. The molecular weight excluding hydrogens is 247 g/mol. The Kier molecular flexibility index (Phi) is 4.05. The highest BCUT2D eigenvalue weighted by Crippen LogP contribution is 2.31. The summed E-state index contributed by atoms with van der Waals surface area (Å²) in [5, 5.41) is 12.3. The van der Waals surface area contributed by atoms with Gasteiger partial charge < -0.3 is 9.84 Å². The number of hydrogen-bond donors (Lipinski definition) is 2. The molecule has 2 rings (SSSR count). The first-order chi connectivity index (χ1) is 8.11. The minimum absolute atomic E-state index is 0.128. The molecule has 6 heteroatoms. The summed E-state index contributed by atoms with van der Waals surface area (Å²) in [4.78, 5) is 0. The van der Waals surface area contributed by atoms with Gasteiger partial charge in [0.2, 0.25) is 0 Å². The maximum atomic E-state index is 13.6. The van der Waals surface area contributed by atoms with Crippen LogP contribution in [0.5, 0.6) is 0 Å². The Balaban J connectivity index is 2.28. The molecule has 0 spiro atoms. The molecule has 0 saturated carbocycles. The molecule has 1 aliphatic heterocycles. The molecule has 4 atom stereocenters. The second kappa shape index (κ2) is 5.36. The molecule has 0 amide bonds. The molecule has 3 nitrogen and oxygen atoms in total. The molecule has 0 aromatic heterocycles. The third-order valence-electron chi connectivity index (χ3n) is 2.84. The minimum atomic E-state index is -0.591. The van der Waals surface area contributed by atoms with E-state index in [1.807, 2.05) is 0 Å². The first-order valence-corrected chi connectivity index (χ1v) is 5.90. The van der Waals surface area contributed by atoms with Gasteiger partial charge in [0, 0.05) is 11.6 Å². The van der Waals surface area contributed by atoms with E-state index in [0.29, 0.717) is 6.42 Å². The number of rotatable bonds is 2. The molecule has 1 aliphatic rings. The highest BCUT2D eigenvalue weighted by molar-refractivity contribution is 7.13. The second-order valence-corrected chi connectivity index (χ2v) is 4.42. The van der Waals surface area contributed by atoms with E-state index >= 15 is 0 Å². The summed E-state index contributed by atoms with van der Waals surface area (Å²) in [7, 11) is 2.31. The van der Waals surface area contributed by atoms with Crippen molar-refractivity contribution < 1.29 is 18.6 Å². The van der Waals surface area contributed by atoms with Crippen LogP contribution in [0.4, 0.5) is 8.78 Å². The first kappa shape index (κ1) is 12.8. The molecule has 3 unspecified atom stereocenters. The van der Waals surface area contributed by atoms with E-state index in [2.05, 4.69) is 14.5 Å². The smallest absolute Gasteiger partial charge is 0.129 e. The van der Waals surface area contributed by atoms with Gasteiger partial charge in [-0.05, 0) is 24.6 Å². The Labute approximate surface area is 100 Å². The highest BCUT2D eigenvalue weighted by atomic mass is 31.0. The number of nitrogens with one attached hydrogen (secondary N) is 1.